The van der Waals surface area contributed by atoms with Gasteiger partial charge >= 0.3 is 0 Å². The Kier molecular flexibility index (Phi) is 11.9. The molecule has 1 aliphatic heterocycles. The van der Waals surface area contributed by atoms with E-state index in [9.17, 15) is 0 Å². The van der Waals surface area contributed by atoms with Gasteiger partial charge in [0.25, 0.3) is 0 Å². The van der Waals surface area contributed by atoms with Gasteiger partial charge in [-0.3, -0.25) is 0 Å². The monoisotopic (exact) mass is 246 g/mol. The Balaban J connectivity index is 0.00000106. The minimum absolute atomic E-state index is 0.991. The fourth-order valence-corrected chi connectivity index (χ4v) is 2.90. The van der Waals surface area contributed by atoms with Gasteiger partial charge in [0.05, 0.1) is 0 Å². The Hall–Kier alpha value is 0.270. The molecule has 98 valence electrons. The quantitative estimate of drug-likeness (QED) is 0.726. The van der Waals surface area contributed by atoms with E-state index in [0.29, 0.717) is 0 Å². The summed E-state index contributed by atoms with van der Waals surface area (Å²) in [4.78, 5) is 2.62. The largest absolute Gasteiger partial charge is 0.320 e. The molecule has 0 amide bonds. The molecule has 0 aromatic heterocycles. The summed E-state index contributed by atoms with van der Waals surface area (Å²) in [6.07, 6.45) is 6.35. The van der Waals surface area contributed by atoms with Crippen molar-refractivity contribution in [2.45, 2.75) is 33.1 Å². The molecule has 3 heteroatoms. The lowest BCUT2D eigenvalue weighted by Crippen LogP contribution is -2.35. The molecule has 1 aliphatic rings. The zero-order valence-electron chi connectivity index (χ0n) is 11.6. The van der Waals surface area contributed by atoms with Crippen molar-refractivity contribution in [2.24, 2.45) is 5.92 Å². The standard InChI is InChI=1S/C11H24N2S.C2H6/c1-12-6-3-7-13-8-4-11(5-9-13)10-14-2;1-2/h11-12H,3-10H2,1-2H3;1-2H3. The topological polar surface area (TPSA) is 15.3 Å². The molecule has 1 fully saturated rings. The molecule has 0 aromatic carbocycles. The van der Waals surface area contributed by atoms with Crippen LogP contribution in [0.4, 0.5) is 0 Å². The summed E-state index contributed by atoms with van der Waals surface area (Å²) >= 11 is 2.00. The molecule has 1 saturated heterocycles. The van der Waals surface area contributed by atoms with Gasteiger partial charge in [0.1, 0.15) is 0 Å². The van der Waals surface area contributed by atoms with Crippen LogP contribution in [0.3, 0.4) is 0 Å². The average Bonchev–Trinajstić information content (AvgIpc) is 2.35. The molecule has 2 nitrogen and oxygen atoms in total. The molecular formula is C13H30N2S. The van der Waals surface area contributed by atoms with Gasteiger partial charge in [0.2, 0.25) is 0 Å². The van der Waals surface area contributed by atoms with Crippen LogP contribution in [0.1, 0.15) is 33.1 Å². The van der Waals surface area contributed by atoms with Crippen molar-refractivity contribution in [3.63, 3.8) is 0 Å². The van der Waals surface area contributed by atoms with Crippen molar-refractivity contribution in [2.75, 3.05) is 45.2 Å². The van der Waals surface area contributed by atoms with Gasteiger partial charge in [-0.05, 0) is 70.4 Å². The fourth-order valence-electron chi connectivity index (χ4n) is 2.09. The first-order valence-electron chi connectivity index (χ1n) is 6.72. The van der Waals surface area contributed by atoms with Crippen molar-refractivity contribution in [3.8, 4) is 0 Å². The lowest BCUT2D eigenvalue weighted by atomic mass is 9.99. The summed E-state index contributed by atoms with van der Waals surface area (Å²) in [5, 5.41) is 3.21. The number of nitrogens with one attached hydrogen (secondary N) is 1. The maximum absolute atomic E-state index is 3.21. The normalized spacial score (nSPS) is 18.0. The number of rotatable bonds is 6. The molecule has 0 saturated carbocycles. The Morgan fingerprint density at radius 1 is 1.25 bits per heavy atom. The van der Waals surface area contributed by atoms with Crippen molar-refractivity contribution in [3.05, 3.63) is 0 Å². The Bertz CT molecular complexity index is 134. The zero-order valence-corrected chi connectivity index (χ0v) is 12.4. The lowest BCUT2D eigenvalue weighted by molar-refractivity contribution is 0.192. The highest BCUT2D eigenvalue weighted by molar-refractivity contribution is 7.98. The molecular weight excluding hydrogens is 216 g/mol. The maximum atomic E-state index is 3.21. The van der Waals surface area contributed by atoms with Crippen LogP contribution in [0.2, 0.25) is 0 Å². The smallest absolute Gasteiger partial charge is 0.000664 e. The van der Waals surface area contributed by atoms with E-state index >= 15 is 0 Å². The third kappa shape index (κ3) is 7.53. The molecule has 0 atom stereocenters. The number of piperidine rings is 1. The fraction of sp³-hybridized carbons (Fsp3) is 1.00. The highest BCUT2D eigenvalue weighted by Gasteiger charge is 2.17. The molecule has 0 unspecified atom stereocenters. The van der Waals surface area contributed by atoms with E-state index in [1.165, 1.54) is 44.6 Å². The zero-order chi connectivity index (χ0) is 12.2. The molecule has 16 heavy (non-hydrogen) atoms. The molecule has 0 aromatic rings. The van der Waals surface area contributed by atoms with E-state index in [-0.39, 0.29) is 0 Å². The van der Waals surface area contributed by atoms with Crippen molar-refractivity contribution in [1.29, 1.82) is 0 Å². The van der Waals surface area contributed by atoms with Gasteiger partial charge in [-0.25, -0.2) is 0 Å². The first kappa shape index (κ1) is 16.3. The van der Waals surface area contributed by atoms with Crippen LogP contribution in [-0.2, 0) is 0 Å². The number of hydrogen-bond acceptors (Lipinski definition) is 3. The van der Waals surface area contributed by atoms with Crippen LogP contribution in [0.15, 0.2) is 0 Å². The molecule has 0 spiro atoms. The van der Waals surface area contributed by atoms with Crippen LogP contribution in [0.5, 0.6) is 0 Å². The highest BCUT2D eigenvalue weighted by Crippen LogP contribution is 2.20. The van der Waals surface area contributed by atoms with E-state index in [1.807, 2.05) is 32.7 Å². The van der Waals surface area contributed by atoms with Crippen molar-refractivity contribution in [1.82, 2.24) is 10.2 Å². The van der Waals surface area contributed by atoms with E-state index in [2.05, 4.69) is 16.5 Å². The second-order valence-electron chi connectivity index (χ2n) is 4.20. The molecule has 1 rings (SSSR count). The SMILES string of the molecule is CC.CNCCCN1CCC(CSC)CC1. The summed E-state index contributed by atoms with van der Waals surface area (Å²) in [6.45, 7) is 9.10. The number of hydrogen-bond donors (Lipinski definition) is 1. The minimum atomic E-state index is 0.991. The molecule has 0 bridgehead atoms. The predicted molar refractivity (Wildman–Crippen MR) is 77.4 cm³/mol. The van der Waals surface area contributed by atoms with Gasteiger partial charge in [0, 0.05) is 0 Å². The van der Waals surface area contributed by atoms with Gasteiger partial charge in [-0.2, -0.15) is 11.8 Å². The maximum Gasteiger partial charge on any atom is -0.000664 e. The number of nitrogens with zero attached hydrogens (tertiary/aromatic N) is 1. The molecule has 1 heterocycles. The third-order valence-electron chi connectivity index (χ3n) is 3.01. The second kappa shape index (κ2) is 11.7. The van der Waals surface area contributed by atoms with Crippen LogP contribution in [0.25, 0.3) is 0 Å². The molecule has 0 aliphatic carbocycles. The summed E-state index contributed by atoms with van der Waals surface area (Å²) in [7, 11) is 2.03. The Morgan fingerprint density at radius 3 is 2.38 bits per heavy atom. The highest BCUT2D eigenvalue weighted by atomic mass is 32.2. The number of likely N-dealkylation sites (tertiary alicyclic amines) is 1. The van der Waals surface area contributed by atoms with Gasteiger partial charge in [-0.15, -0.1) is 0 Å². The molecule has 1 N–H and O–H groups in total. The summed E-state index contributed by atoms with van der Waals surface area (Å²) < 4.78 is 0. The van der Waals surface area contributed by atoms with Crippen LogP contribution in [0, 0.1) is 5.92 Å². The predicted octanol–water partition coefficient (Wildman–Crippen LogP) is 2.70. The lowest BCUT2D eigenvalue weighted by Gasteiger charge is -2.31. The van der Waals surface area contributed by atoms with Gasteiger partial charge in [0.15, 0.2) is 0 Å². The van der Waals surface area contributed by atoms with E-state index in [0.717, 1.165) is 12.5 Å². The van der Waals surface area contributed by atoms with Crippen LogP contribution < -0.4 is 5.32 Å². The van der Waals surface area contributed by atoms with Gasteiger partial charge in [-0.1, -0.05) is 13.8 Å². The second-order valence-corrected chi connectivity index (χ2v) is 5.11. The van der Waals surface area contributed by atoms with E-state index in [1.54, 1.807) is 0 Å². The Labute approximate surface area is 107 Å². The van der Waals surface area contributed by atoms with Crippen molar-refractivity contribution >= 4 is 11.8 Å². The average molecular weight is 246 g/mol. The van der Waals surface area contributed by atoms with E-state index < -0.39 is 0 Å². The van der Waals surface area contributed by atoms with E-state index in [4.69, 9.17) is 0 Å². The summed E-state index contributed by atoms with van der Waals surface area (Å²) in [5.41, 5.74) is 0. The van der Waals surface area contributed by atoms with Crippen LogP contribution >= 0.6 is 11.8 Å². The first-order valence-corrected chi connectivity index (χ1v) is 8.12. The number of thioether (sulfide) groups is 1. The summed E-state index contributed by atoms with van der Waals surface area (Å²) in [5.74, 6) is 2.36. The van der Waals surface area contributed by atoms with Crippen LogP contribution in [-0.4, -0.2) is 50.1 Å². The Morgan fingerprint density at radius 2 is 1.88 bits per heavy atom. The first-order chi connectivity index (χ1) is 7.86. The summed E-state index contributed by atoms with van der Waals surface area (Å²) in [6, 6.07) is 0. The minimum Gasteiger partial charge on any atom is -0.320 e. The van der Waals surface area contributed by atoms with Gasteiger partial charge < -0.3 is 10.2 Å². The third-order valence-corrected chi connectivity index (χ3v) is 3.82. The molecule has 0 radical (unpaired) electrons. The van der Waals surface area contributed by atoms with Crippen molar-refractivity contribution < 1.29 is 0 Å².